The molecule has 0 bridgehead atoms. The fourth-order valence-electron chi connectivity index (χ4n) is 3.28. The topological polar surface area (TPSA) is 86.5 Å². The maximum absolute atomic E-state index is 12.7. The van der Waals surface area contributed by atoms with Crippen molar-refractivity contribution in [1.82, 2.24) is 25.5 Å². The van der Waals surface area contributed by atoms with Crippen molar-refractivity contribution < 1.29 is 4.79 Å². The number of benzene rings is 2. The van der Waals surface area contributed by atoms with Crippen LogP contribution in [-0.2, 0) is 0 Å². The smallest absolute Gasteiger partial charge is 0.251 e. The molecule has 3 N–H and O–H groups in total. The van der Waals surface area contributed by atoms with Crippen LogP contribution in [0.25, 0.3) is 33.5 Å². The molecule has 0 saturated heterocycles. The van der Waals surface area contributed by atoms with Crippen LogP contribution in [0.1, 0.15) is 30.6 Å². The van der Waals surface area contributed by atoms with Crippen molar-refractivity contribution >= 4 is 39.6 Å². The highest BCUT2D eigenvalue weighted by atomic mass is 32.2. The molecule has 2 aromatic carbocycles. The van der Waals surface area contributed by atoms with Gasteiger partial charge in [0.2, 0.25) is 0 Å². The van der Waals surface area contributed by atoms with Gasteiger partial charge in [-0.2, -0.15) is 5.10 Å². The van der Waals surface area contributed by atoms with Crippen LogP contribution in [0.4, 0.5) is 0 Å². The van der Waals surface area contributed by atoms with E-state index in [1.807, 2.05) is 62.4 Å². The molecule has 2 heterocycles. The first-order valence-corrected chi connectivity index (χ1v) is 12.0. The molecule has 6 nitrogen and oxygen atoms in total. The second-order valence-corrected chi connectivity index (χ2v) is 7.91. The molecule has 0 aliphatic rings. The quantitative estimate of drug-likeness (QED) is 0.204. The van der Waals surface area contributed by atoms with Crippen LogP contribution in [0.2, 0.25) is 0 Å². The van der Waals surface area contributed by atoms with E-state index in [0.717, 1.165) is 45.4 Å². The van der Waals surface area contributed by atoms with Crippen LogP contribution < -0.4 is 5.32 Å². The number of rotatable bonds is 9. The molecule has 33 heavy (non-hydrogen) atoms. The van der Waals surface area contributed by atoms with E-state index in [2.05, 4.69) is 44.0 Å². The number of H-pyrrole nitrogens is 2. The Labute approximate surface area is 198 Å². The van der Waals surface area contributed by atoms with Gasteiger partial charge in [0, 0.05) is 23.2 Å². The number of fused-ring (bicyclic) bond motifs is 2. The van der Waals surface area contributed by atoms with E-state index >= 15 is 0 Å². The maximum atomic E-state index is 12.7. The fourth-order valence-corrected chi connectivity index (χ4v) is 3.93. The van der Waals surface area contributed by atoms with Crippen LogP contribution in [0, 0.1) is 0 Å². The molecule has 0 radical (unpaired) electrons. The Morgan fingerprint density at radius 1 is 1.12 bits per heavy atom. The first kappa shape index (κ1) is 24.1. The molecule has 0 unspecified atom stereocenters. The molecule has 1 amide bonds. The number of imidazole rings is 1. The molecule has 170 valence electrons. The SMILES string of the molecule is C=CCS/C=C(\CC=C)CNC(=O)c1ccc2nc(-c3n[nH]c4ccccc34)[nH]c2c1.CC. The molecule has 4 rings (SSSR count). The molecule has 0 atom stereocenters. The van der Waals surface area contributed by atoms with Crippen LogP contribution in [-0.4, -0.2) is 38.4 Å². The first-order chi connectivity index (χ1) is 16.2. The number of carbonyl (C=O) groups is 1. The van der Waals surface area contributed by atoms with Crippen molar-refractivity contribution in [2.24, 2.45) is 0 Å². The van der Waals surface area contributed by atoms with Crippen LogP contribution in [0.15, 0.2) is 78.8 Å². The molecular weight excluding hydrogens is 430 g/mol. The maximum Gasteiger partial charge on any atom is 0.251 e. The largest absolute Gasteiger partial charge is 0.348 e. The zero-order valence-corrected chi connectivity index (χ0v) is 19.8. The van der Waals surface area contributed by atoms with E-state index in [1.165, 1.54) is 0 Å². The van der Waals surface area contributed by atoms with Gasteiger partial charge in [-0.15, -0.1) is 24.9 Å². The highest BCUT2D eigenvalue weighted by Crippen LogP contribution is 2.26. The van der Waals surface area contributed by atoms with Crippen molar-refractivity contribution in [3.05, 3.63) is 84.3 Å². The van der Waals surface area contributed by atoms with Crippen LogP contribution in [0.5, 0.6) is 0 Å². The van der Waals surface area contributed by atoms with E-state index in [4.69, 9.17) is 0 Å². The summed E-state index contributed by atoms with van der Waals surface area (Å²) in [5.74, 6) is 1.37. The highest BCUT2D eigenvalue weighted by Gasteiger charge is 2.14. The van der Waals surface area contributed by atoms with Crippen LogP contribution >= 0.6 is 11.8 Å². The number of amides is 1. The number of nitrogens with one attached hydrogen (secondary N) is 3. The Hall–Kier alpha value is -3.58. The number of hydrogen-bond donors (Lipinski definition) is 3. The van der Waals surface area contributed by atoms with Gasteiger partial charge in [0.1, 0.15) is 5.69 Å². The average Bonchev–Trinajstić information content (AvgIpc) is 3.47. The minimum atomic E-state index is -0.132. The highest BCUT2D eigenvalue weighted by molar-refractivity contribution is 8.02. The normalized spacial score (nSPS) is 11.2. The molecular formula is C26H29N5OS. The van der Waals surface area contributed by atoms with E-state index in [9.17, 15) is 4.79 Å². The number of carbonyl (C=O) groups excluding carboxylic acids is 1. The summed E-state index contributed by atoms with van der Waals surface area (Å²) in [4.78, 5) is 20.6. The standard InChI is InChI=1S/C24H23N5OS.C2H6/c1-3-7-16(15-31-12-4-2)14-25-24(30)17-10-11-20-21(13-17)27-23(26-20)22-18-8-5-6-9-19(18)28-29-22;1-2/h3-6,8-11,13,15H,1-2,7,12,14H2,(H,25,30)(H,26,27)(H,28,29);1-2H3/b16-15+;. The van der Waals surface area contributed by atoms with Crippen molar-refractivity contribution in [3.8, 4) is 11.5 Å². The van der Waals surface area contributed by atoms with Crippen molar-refractivity contribution in [2.75, 3.05) is 12.3 Å². The number of aromatic nitrogens is 4. The number of allylic oxidation sites excluding steroid dienone is 1. The minimum Gasteiger partial charge on any atom is -0.348 e. The second kappa shape index (κ2) is 11.9. The molecule has 7 heteroatoms. The Bertz CT molecular complexity index is 1280. The molecule has 0 aliphatic carbocycles. The lowest BCUT2D eigenvalue weighted by Crippen LogP contribution is -2.25. The Morgan fingerprint density at radius 3 is 2.73 bits per heavy atom. The summed E-state index contributed by atoms with van der Waals surface area (Å²) >= 11 is 1.65. The van der Waals surface area contributed by atoms with E-state index in [-0.39, 0.29) is 5.91 Å². The average molecular weight is 460 g/mol. The summed E-state index contributed by atoms with van der Waals surface area (Å²) in [5, 5.41) is 13.5. The molecule has 0 spiro atoms. The summed E-state index contributed by atoms with van der Waals surface area (Å²) in [6.07, 6.45) is 4.42. The zero-order chi connectivity index (χ0) is 23.6. The number of para-hydroxylation sites is 1. The van der Waals surface area contributed by atoms with E-state index in [0.29, 0.717) is 17.9 Å². The van der Waals surface area contributed by atoms with Gasteiger partial charge in [0.25, 0.3) is 5.91 Å². The second-order valence-electron chi connectivity index (χ2n) is 7.01. The van der Waals surface area contributed by atoms with Gasteiger partial charge in [-0.3, -0.25) is 9.89 Å². The molecule has 2 aromatic heterocycles. The van der Waals surface area contributed by atoms with Crippen LogP contribution in [0.3, 0.4) is 0 Å². The number of nitrogens with zero attached hydrogens (tertiary/aromatic N) is 2. The Kier molecular flexibility index (Phi) is 8.66. The van der Waals surface area contributed by atoms with Gasteiger partial charge in [-0.25, -0.2) is 4.98 Å². The molecule has 0 saturated carbocycles. The monoisotopic (exact) mass is 459 g/mol. The van der Waals surface area contributed by atoms with E-state index < -0.39 is 0 Å². The molecule has 0 fully saturated rings. The lowest BCUT2D eigenvalue weighted by molar-refractivity contribution is 0.0957. The van der Waals surface area contributed by atoms with Crippen molar-refractivity contribution in [1.29, 1.82) is 0 Å². The number of thioether (sulfide) groups is 1. The molecule has 4 aromatic rings. The van der Waals surface area contributed by atoms with Gasteiger partial charge < -0.3 is 10.3 Å². The summed E-state index contributed by atoms with van der Waals surface area (Å²) in [6.45, 7) is 12.0. The van der Waals surface area contributed by atoms with Gasteiger partial charge in [-0.05, 0) is 41.7 Å². The fraction of sp³-hybridized carbons (Fsp3) is 0.192. The Morgan fingerprint density at radius 2 is 1.94 bits per heavy atom. The lowest BCUT2D eigenvalue weighted by atomic mass is 10.1. The van der Waals surface area contributed by atoms with E-state index in [1.54, 1.807) is 17.8 Å². The van der Waals surface area contributed by atoms with Gasteiger partial charge in [0.05, 0.1) is 16.6 Å². The third kappa shape index (κ3) is 5.81. The van der Waals surface area contributed by atoms with Crippen molar-refractivity contribution in [3.63, 3.8) is 0 Å². The van der Waals surface area contributed by atoms with Crippen molar-refractivity contribution in [2.45, 2.75) is 20.3 Å². The zero-order valence-electron chi connectivity index (χ0n) is 19.0. The van der Waals surface area contributed by atoms with Gasteiger partial charge in [0.15, 0.2) is 5.82 Å². The lowest BCUT2D eigenvalue weighted by Gasteiger charge is -2.08. The first-order valence-electron chi connectivity index (χ1n) is 10.9. The Balaban J connectivity index is 0.00000149. The predicted molar refractivity (Wildman–Crippen MR) is 140 cm³/mol. The summed E-state index contributed by atoms with van der Waals surface area (Å²) in [5.41, 5.74) is 4.96. The number of aromatic amines is 2. The summed E-state index contributed by atoms with van der Waals surface area (Å²) in [6, 6.07) is 13.4. The third-order valence-electron chi connectivity index (χ3n) is 4.79. The predicted octanol–water partition coefficient (Wildman–Crippen LogP) is 6.24. The summed E-state index contributed by atoms with van der Waals surface area (Å²) in [7, 11) is 0. The minimum absolute atomic E-state index is 0.132. The van der Waals surface area contributed by atoms with Gasteiger partial charge >= 0.3 is 0 Å². The summed E-state index contributed by atoms with van der Waals surface area (Å²) < 4.78 is 0. The third-order valence-corrected chi connectivity index (χ3v) is 5.71. The molecule has 0 aliphatic heterocycles. The van der Waals surface area contributed by atoms with Gasteiger partial charge in [-0.1, -0.05) is 44.2 Å². The number of hydrogen-bond acceptors (Lipinski definition) is 4.